The number of carbonyl (C=O) groups excluding carboxylic acids is 2. The minimum absolute atomic E-state index is 0.0318. The van der Waals surface area contributed by atoms with Crippen molar-refractivity contribution in [2.45, 2.75) is 264 Å². The van der Waals surface area contributed by atoms with Gasteiger partial charge in [-0.3, -0.25) is 14.2 Å². The first-order valence-corrected chi connectivity index (χ1v) is 31.4. The van der Waals surface area contributed by atoms with E-state index in [0.717, 1.165) is 103 Å². The fourth-order valence-electron chi connectivity index (χ4n) is 8.19. The lowest BCUT2D eigenvalue weighted by Gasteiger charge is -2.30. The van der Waals surface area contributed by atoms with Crippen LogP contribution in [0.5, 0.6) is 0 Å². The highest BCUT2D eigenvalue weighted by atomic mass is 31.2. The lowest BCUT2D eigenvalue weighted by Crippen LogP contribution is -2.47. The third-order valence-corrected chi connectivity index (χ3v) is 13.8. The summed E-state index contributed by atoms with van der Waals surface area (Å²) in [5, 5.41) is 3.01. The van der Waals surface area contributed by atoms with Crippen LogP contribution in [0.4, 0.5) is 0 Å². The van der Waals surface area contributed by atoms with Crippen molar-refractivity contribution in [1.82, 2.24) is 5.32 Å². The van der Waals surface area contributed by atoms with Crippen molar-refractivity contribution < 1.29 is 37.3 Å². The molecule has 3 atom stereocenters. The minimum atomic E-state index is -4.71. The number of nitrogens with one attached hydrogen (secondary N) is 1. The molecule has 73 heavy (non-hydrogen) atoms. The third kappa shape index (κ3) is 53.8. The second-order valence-corrected chi connectivity index (χ2v) is 22.5. The van der Waals surface area contributed by atoms with Gasteiger partial charge in [-0.05, 0) is 102 Å². The number of ether oxygens (including phenoxy) is 1. The summed E-state index contributed by atoms with van der Waals surface area (Å²) in [5.41, 5.74) is 0. The molecule has 0 bridgehead atoms. The zero-order valence-electron chi connectivity index (χ0n) is 48.1. The van der Waals surface area contributed by atoms with Gasteiger partial charge >= 0.3 is 5.97 Å². The first kappa shape index (κ1) is 70.2. The Morgan fingerprint density at radius 2 is 0.877 bits per heavy atom. The van der Waals surface area contributed by atoms with Gasteiger partial charge in [0.15, 0.2) is 0 Å². The van der Waals surface area contributed by atoms with Gasteiger partial charge in [0.2, 0.25) is 5.91 Å². The molecule has 422 valence electrons. The number of phosphoric acid groups is 1. The van der Waals surface area contributed by atoms with Crippen LogP contribution in [0, 0.1) is 0 Å². The number of nitrogens with zero attached hydrogens (tertiary/aromatic N) is 1. The number of hydrogen-bond acceptors (Lipinski definition) is 7. The van der Waals surface area contributed by atoms with E-state index in [0.29, 0.717) is 23.9 Å². The molecule has 0 rings (SSSR count). The number of quaternary nitrogens is 1. The molecular formula is C63H113N2O7P. The molecule has 0 aliphatic carbocycles. The Kier molecular flexibility index (Phi) is 50.6. The van der Waals surface area contributed by atoms with Gasteiger partial charge in [-0.2, -0.15) is 0 Å². The van der Waals surface area contributed by atoms with Gasteiger partial charge in [0.1, 0.15) is 19.3 Å². The number of rotatable bonds is 53. The quantitative estimate of drug-likeness (QED) is 0.0212. The highest BCUT2D eigenvalue weighted by Gasteiger charge is 2.27. The van der Waals surface area contributed by atoms with Crippen molar-refractivity contribution in [3.63, 3.8) is 0 Å². The number of esters is 1. The maximum Gasteiger partial charge on any atom is 0.306 e. The molecule has 0 aromatic rings. The first-order chi connectivity index (χ1) is 35.4. The Hall–Kier alpha value is -2.81. The summed E-state index contributed by atoms with van der Waals surface area (Å²) in [6.07, 6.45) is 68.3. The lowest BCUT2D eigenvalue weighted by atomic mass is 10.0. The van der Waals surface area contributed by atoms with Crippen molar-refractivity contribution in [2.24, 2.45) is 0 Å². The number of hydrogen-bond donors (Lipinski definition) is 1. The highest BCUT2D eigenvalue weighted by Crippen LogP contribution is 2.38. The molecule has 1 N–H and O–H groups in total. The van der Waals surface area contributed by atoms with E-state index in [1.54, 1.807) is 0 Å². The van der Waals surface area contributed by atoms with E-state index >= 15 is 0 Å². The smallest absolute Gasteiger partial charge is 0.306 e. The standard InChI is InChI=1S/C63H113N2O7P/c1-7-10-13-16-19-22-25-28-30-31-32-33-35-38-41-44-47-50-53-56-63(67)72-61(54-51-48-45-42-39-36-27-24-21-18-15-12-9-3)60(59-71-73(68,69)70-58-57-65(4,5)6)64-62(66)55-52-49-46-43-40-37-34-29-26-23-20-17-14-11-8-2/h10,13,19,22-23,26,28,30,32-33,38,41,51,54,60-61H,7-9,11-12,14-18,20-21,24-25,27,29,31,34-37,39-40,42-50,52-53,55-59H2,1-6H3,(H-,64,66,68,69)/b13-10-,22-19-,26-23-,30-28-,33-32-,41-38-,54-51+. The molecule has 0 saturated heterocycles. The SMILES string of the molecule is CC/C=C\C/C=C\C/C=C\C/C=C\C/C=C\CCCCCC(=O)OC(/C=C/CCCCCCCCCCCCC)C(COP(=O)([O-])OCC[N+](C)(C)C)NC(=O)CCCCCCCCC/C=C\CCCCCC. The number of unbranched alkanes of at least 4 members (excludes halogenated alkanes) is 25. The Labute approximate surface area is 450 Å². The molecule has 0 heterocycles. The monoisotopic (exact) mass is 1040 g/mol. The van der Waals surface area contributed by atoms with Gasteiger partial charge in [0.25, 0.3) is 7.82 Å². The predicted octanol–water partition coefficient (Wildman–Crippen LogP) is 17.6. The molecular weight excluding hydrogens is 928 g/mol. The van der Waals surface area contributed by atoms with Gasteiger partial charge in [0.05, 0.1) is 33.8 Å². The molecule has 0 aromatic heterocycles. The Balaban J connectivity index is 5.40. The van der Waals surface area contributed by atoms with E-state index in [9.17, 15) is 19.0 Å². The summed E-state index contributed by atoms with van der Waals surface area (Å²) in [5.74, 6) is -0.585. The van der Waals surface area contributed by atoms with E-state index in [1.807, 2.05) is 33.3 Å². The Morgan fingerprint density at radius 3 is 1.36 bits per heavy atom. The molecule has 1 amide bonds. The number of likely N-dealkylation sites (N-methyl/N-ethyl adjacent to an activating group) is 1. The number of carbonyl (C=O) groups is 2. The molecule has 0 aliphatic rings. The van der Waals surface area contributed by atoms with Crippen molar-refractivity contribution in [2.75, 3.05) is 40.9 Å². The van der Waals surface area contributed by atoms with Crippen molar-refractivity contribution in [1.29, 1.82) is 0 Å². The Bertz CT molecular complexity index is 1530. The van der Waals surface area contributed by atoms with Gasteiger partial charge in [-0.1, -0.05) is 222 Å². The van der Waals surface area contributed by atoms with Gasteiger partial charge in [-0.15, -0.1) is 0 Å². The van der Waals surface area contributed by atoms with Gasteiger partial charge in [0, 0.05) is 12.8 Å². The van der Waals surface area contributed by atoms with Crippen LogP contribution in [0.25, 0.3) is 0 Å². The van der Waals surface area contributed by atoms with E-state index < -0.39 is 26.6 Å². The molecule has 0 saturated carbocycles. The fraction of sp³-hybridized carbons (Fsp3) is 0.746. The molecule has 0 spiro atoms. The second kappa shape index (κ2) is 52.6. The molecule has 9 nitrogen and oxygen atoms in total. The molecule has 0 radical (unpaired) electrons. The van der Waals surface area contributed by atoms with E-state index in [1.165, 1.54) is 109 Å². The minimum Gasteiger partial charge on any atom is -0.756 e. The van der Waals surface area contributed by atoms with Gasteiger partial charge < -0.3 is 28.5 Å². The van der Waals surface area contributed by atoms with Crippen LogP contribution in [-0.2, 0) is 27.9 Å². The van der Waals surface area contributed by atoms with Crippen LogP contribution in [0.1, 0.15) is 252 Å². The number of allylic oxidation sites excluding steroid dienone is 13. The van der Waals surface area contributed by atoms with Crippen LogP contribution in [-0.4, -0.2) is 69.4 Å². The van der Waals surface area contributed by atoms with Crippen LogP contribution in [0.15, 0.2) is 85.1 Å². The van der Waals surface area contributed by atoms with Crippen molar-refractivity contribution >= 4 is 19.7 Å². The summed E-state index contributed by atoms with van der Waals surface area (Å²) >= 11 is 0. The maximum absolute atomic E-state index is 13.5. The maximum atomic E-state index is 13.5. The summed E-state index contributed by atoms with van der Waals surface area (Å²) in [6, 6.07) is -0.907. The summed E-state index contributed by atoms with van der Waals surface area (Å²) in [7, 11) is 1.15. The molecule has 0 aromatic carbocycles. The topological polar surface area (TPSA) is 114 Å². The molecule has 3 unspecified atom stereocenters. The lowest BCUT2D eigenvalue weighted by molar-refractivity contribution is -0.870. The van der Waals surface area contributed by atoms with Crippen LogP contribution < -0.4 is 10.2 Å². The molecule has 10 heteroatoms. The van der Waals surface area contributed by atoms with E-state index in [2.05, 4.69) is 99.0 Å². The summed E-state index contributed by atoms with van der Waals surface area (Å²) < 4.78 is 30.3. The van der Waals surface area contributed by atoms with Crippen LogP contribution >= 0.6 is 7.82 Å². The zero-order chi connectivity index (χ0) is 53.6. The number of amides is 1. The number of phosphoric ester groups is 1. The van der Waals surface area contributed by atoms with Crippen molar-refractivity contribution in [3.05, 3.63) is 85.1 Å². The third-order valence-electron chi connectivity index (χ3n) is 12.8. The fourth-order valence-corrected chi connectivity index (χ4v) is 8.91. The zero-order valence-corrected chi connectivity index (χ0v) is 49.0. The average molecular weight is 1040 g/mol. The van der Waals surface area contributed by atoms with Crippen LogP contribution in [0.3, 0.4) is 0 Å². The van der Waals surface area contributed by atoms with Crippen LogP contribution in [0.2, 0.25) is 0 Å². The predicted molar refractivity (Wildman–Crippen MR) is 311 cm³/mol. The van der Waals surface area contributed by atoms with E-state index in [4.69, 9.17) is 13.8 Å². The normalized spacial score (nSPS) is 14.3. The molecule has 0 aliphatic heterocycles. The largest absolute Gasteiger partial charge is 0.756 e. The van der Waals surface area contributed by atoms with E-state index in [-0.39, 0.29) is 24.9 Å². The highest BCUT2D eigenvalue weighted by molar-refractivity contribution is 7.45. The average Bonchev–Trinajstić information content (AvgIpc) is 3.35. The Morgan fingerprint density at radius 1 is 0.493 bits per heavy atom. The second-order valence-electron chi connectivity index (χ2n) is 21.1. The first-order valence-electron chi connectivity index (χ1n) is 29.9. The van der Waals surface area contributed by atoms with Crippen molar-refractivity contribution in [3.8, 4) is 0 Å². The van der Waals surface area contributed by atoms with Gasteiger partial charge in [-0.25, -0.2) is 0 Å². The molecule has 0 fully saturated rings. The summed E-state index contributed by atoms with van der Waals surface area (Å²) in [6.45, 7) is 6.69. The summed E-state index contributed by atoms with van der Waals surface area (Å²) in [4.78, 5) is 39.9.